The lowest BCUT2D eigenvalue weighted by Crippen LogP contribution is -2.51. The maximum absolute atomic E-state index is 5.73. The van der Waals surface area contributed by atoms with E-state index in [9.17, 15) is 0 Å². The first kappa shape index (κ1) is 11.7. The fraction of sp³-hybridized carbons (Fsp3) is 0.818. The fourth-order valence-electron chi connectivity index (χ4n) is 1.78. The lowest BCUT2D eigenvalue weighted by molar-refractivity contribution is -0.319. The molecule has 2 rings (SSSR count). The highest BCUT2D eigenvalue weighted by molar-refractivity contribution is 4.80. The molecule has 0 radical (unpaired) electrons. The van der Waals surface area contributed by atoms with Crippen LogP contribution >= 0.6 is 0 Å². The van der Waals surface area contributed by atoms with Crippen LogP contribution in [0.3, 0.4) is 0 Å². The van der Waals surface area contributed by atoms with E-state index in [1.165, 1.54) is 0 Å². The molecule has 0 N–H and O–H groups in total. The summed E-state index contributed by atoms with van der Waals surface area (Å²) in [7, 11) is 0. The Morgan fingerprint density at radius 1 is 1.21 bits per heavy atom. The van der Waals surface area contributed by atoms with Gasteiger partial charge in [-0.1, -0.05) is 0 Å². The zero-order valence-corrected chi connectivity index (χ0v) is 9.12. The van der Waals surface area contributed by atoms with Crippen LogP contribution in [0.1, 0.15) is 26.7 Å². The van der Waals surface area contributed by atoms with Crippen molar-refractivity contribution < 1.29 is 14.2 Å². The predicted molar refractivity (Wildman–Crippen MR) is 55.1 cm³/mol. The summed E-state index contributed by atoms with van der Waals surface area (Å²) in [5.74, 6) is -0.415. The van der Waals surface area contributed by atoms with E-state index in [2.05, 4.69) is 13.2 Å². The van der Waals surface area contributed by atoms with Gasteiger partial charge in [0.15, 0.2) is 5.79 Å². The Morgan fingerprint density at radius 3 is 2.64 bits per heavy atom. The highest BCUT2D eigenvalue weighted by Gasteiger charge is 2.38. The summed E-state index contributed by atoms with van der Waals surface area (Å²) >= 11 is 0. The zero-order valence-electron chi connectivity index (χ0n) is 9.12. The molecule has 82 valence electrons. The van der Waals surface area contributed by atoms with E-state index in [0.29, 0.717) is 6.61 Å². The van der Waals surface area contributed by atoms with Crippen molar-refractivity contribution in [3.63, 3.8) is 0 Å². The van der Waals surface area contributed by atoms with Gasteiger partial charge in [0.05, 0.1) is 12.7 Å². The van der Waals surface area contributed by atoms with Crippen LogP contribution in [0.25, 0.3) is 0 Å². The summed E-state index contributed by atoms with van der Waals surface area (Å²) in [6.45, 7) is 11.4. The van der Waals surface area contributed by atoms with Gasteiger partial charge in [0.1, 0.15) is 6.10 Å². The highest BCUT2D eigenvalue weighted by atomic mass is 16.7. The van der Waals surface area contributed by atoms with Crippen molar-refractivity contribution in [1.82, 2.24) is 0 Å². The monoisotopic (exact) mass is 200 g/mol. The molecule has 0 aromatic carbocycles. The summed E-state index contributed by atoms with van der Waals surface area (Å²) in [6, 6.07) is 0. The molecule has 0 saturated carbocycles. The van der Waals surface area contributed by atoms with Crippen molar-refractivity contribution in [3.8, 4) is 0 Å². The number of ether oxygens (including phenoxy) is 3. The smallest absolute Gasteiger partial charge is 0.163 e. The minimum absolute atomic E-state index is 0.173. The van der Waals surface area contributed by atoms with Gasteiger partial charge in [-0.3, -0.25) is 0 Å². The van der Waals surface area contributed by atoms with E-state index in [-0.39, 0.29) is 12.2 Å². The number of rotatable bonds is 0. The Morgan fingerprint density at radius 2 is 1.93 bits per heavy atom. The minimum Gasteiger partial charge on any atom is -0.373 e. The first-order valence-electron chi connectivity index (χ1n) is 5.11. The molecule has 3 heteroatoms. The summed E-state index contributed by atoms with van der Waals surface area (Å²) < 4.78 is 16.7. The van der Waals surface area contributed by atoms with E-state index in [0.717, 1.165) is 19.4 Å². The van der Waals surface area contributed by atoms with Gasteiger partial charge in [0.2, 0.25) is 0 Å². The summed E-state index contributed by atoms with van der Waals surface area (Å²) in [5.41, 5.74) is 0. The van der Waals surface area contributed by atoms with Crippen LogP contribution in [0.5, 0.6) is 0 Å². The van der Waals surface area contributed by atoms with Gasteiger partial charge >= 0.3 is 0 Å². The van der Waals surface area contributed by atoms with Gasteiger partial charge in [-0.2, -0.15) is 0 Å². The third-order valence-corrected chi connectivity index (χ3v) is 2.41. The second kappa shape index (κ2) is 4.91. The van der Waals surface area contributed by atoms with Crippen LogP contribution in [-0.4, -0.2) is 31.2 Å². The normalized spacial score (nSPS) is 35.0. The lowest BCUT2D eigenvalue weighted by atomic mass is 10.0. The molecule has 2 heterocycles. The molecule has 2 aliphatic rings. The molecule has 2 fully saturated rings. The average molecular weight is 200 g/mol. The van der Waals surface area contributed by atoms with Gasteiger partial charge in [-0.25, -0.2) is 0 Å². The molecule has 0 aliphatic carbocycles. The lowest BCUT2D eigenvalue weighted by Gasteiger charge is -2.42. The van der Waals surface area contributed by atoms with Crippen LogP contribution < -0.4 is 0 Å². The predicted octanol–water partition coefficient (Wildman–Crippen LogP) is 2.12. The Kier molecular flexibility index (Phi) is 4.11. The molecule has 2 unspecified atom stereocenters. The number of fused-ring (bicyclic) bond motifs is 1. The zero-order chi connectivity index (χ0) is 10.6. The Bertz CT molecular complexity index is 179. The van der Waals surface area contributed by atoms with Gasteiger partial charge in [-0.05, 0) is 26.7 Å². The molecule has 2 aliphatic heterocycles. The molecular formula is C11H20O3. The van der Waals surface area contributed by atoms with Crippen molar-refractivity contribution in [2.75, 3.05) is 13.2 Å². The van der Waals surface area contributed by atoms with Crippen LogP contribution in [-0.2, 0) is 14.2 Å². The van der Waals surface area contributed by atoms with Crippen LogP contribution in [0.15, 0.2) is 13.2 Å². The molecule has 3 nitrogen and oxygen atoms in total. The standard InChI is InChI=1S/C9H16O3.C2H4/c1-9(2)11-6-8-7(12-9)4-3-5-10-8;1-2/h7-8H,3-6H2,1-2H3;1-2H2. The Hall–Kier alpha value is -0.380. The van der Waals surface area contributed by atoms with Crippen molar-refractivity contribution in [3.05, 3.63) is 13.2 Å². The molecule has 0 spiro atoms. The highest BCUT2D eigenvalue weighted by Crippen LogP contribution is 2.29. The first-order valence-corrected chi connectivity index (χ1v) is 5.11. The van der Waals surface area contributed by atoms with Crippen molar-refractivity contribution >= 4 is 0 Å². The molecule has 2 atom stereocenters. The summed E-state index contributed by atoms with van der Waals surface area (Å²) in [5, 5.41) is 0. The van der Waals surface area contributed by atoms with E-state index in [1.54, 1.807) is 0 Å². The van der Waals surface area contributed by atoms with Crippen molar-refractivity contribution in [2.24, 2.45) is 0 Å². The molecule has 0 amide bonds. The second-order valence-electron chi connectivity index (χ2n) is 3.92. The average Bonchev–Trinajstić information content (AvgIpc) is 2.19. The Balaban J connectivity index is 0.000000461. The number of hydrogen-bond acceptors (Lipinski definition) is 3. The van der Waals surface area contributed by atoms with E-state index >= 15 is 0 Å². The van der Waals surface area contributed by atoms with Crippen LogP contribution in [0.4, 0.5) is 0 Å². The molecule has 2 saturated heterocycles. The minimum atomic E-state index is -0.415. The Labute approximate surface area is 86.0 Å². The largest absolute Gasteiger partial charge is 0.373 e. The van der Waals surface area contributed by atoms with E-state index in [1.807, 2.05) is 13.8 Å². The topological polar surface area (TPSA) is 27.7 Å². The van der Waals surface area contributed by atoms with Gasteiger partial charge in [0.25, 0.3) is 0 Å². The second-order valence-corrected chi connectivity index (χ2v) is 3.92. The quantitative estimate of drug-likeness (QED) is 0.561. The molecule has 0 bridgehead atoms. The summed E-state index contributed by atoms with van der Waals surface area (Å²) in [4.78, 5) is 0. The van der Waals surface area contributed by atoms with Gasteiger partial charge < -0.3 is 14.2 Å². The molecule has 0 aromatic rings. The summed E-state index contributed by atoms with van der Waals surface area (Å²) in [6.07, 6.45) is 2.64. The fourth-order valence-corrected chi connectivity index (χ4v) is 1.78. The van der Waals surface area contributed by atoms with Crippen molar-refractivity contribution in [1.29, 1.82) is 0 Å². The third-order valence-electron chi connectivity index (χ3n) is 2.41. The molecule has 0 aromatic heterocycles. The SMILES string of the molecule is C=C.CC1(C)OCC2OCCCC2O1. The van der Waals surface area contributed by atoms with E-state index < -0.39 is 5.79 Å². The van der Waals surface area contributed by atoms with Crippen LogP contribution in [0, 0.1) is 0 Å². The van der Waals surface area contributed by atoms with Crippen molar-refractivity contribution in [2.45, 2.75) is 44.7 Å². The van der Waals surface area contributed by atoms with E-state index in [4.69, 9.17) is 14.2 Å². The molecule has 14 heavy (non-hydrogen) atoms. The maximum Gasteiger partial charge on any atom is 0.163 e. The van der Waals surface area contributed by atoms with Gasteiger partial charge in [0, 0.05) is 6.61 Å². The first-order chi connectivity index (χ1) is 6.67. The third kappa shape index (κ3) is 2.80. The van der Waals surface area contributed by atoms with Gasteiger partial charge in [-0.15, -0.1) is 13.2 Å². The molecular weight excluding hydrogens is 180 g/mol. The van der Waals surface area contributed by atoms with Crippen LogP contribution in [0.2, 0.25) is 0 Å². The number of hydrogen-bond donors (Lipinski definition) is 0. The maximum atomic E-state index is 5.73.